The predicted octanol–water partition coefficient (Wildman–Crippen LogP) is 3.83. The molecule has 0 aliphatic heterocycles. The van der Waals surface area contributed by atoms with Crippen LogP contribution in [0.4, 0.5) is 8.78 Å². The second-order valence-electron chi connectivity index (χ2n) is 5.69. The standard InChI is InChI=1S/C14H18BrF2NO2S/c1-9-3-2-4-10(5-9)8-18-21(19,20)14-12(15)6-11(16)7-13(14)17/h6-7,9-10,18H,2-5,8H2,1H3. The molecular weight excluding hydrogens is 364 g/mol. The summed E-state index contributed by atoms with van der Waals surface area (Å²) < 4.78 is 53.5. The van der Waals surface area contributed by atoms with E-state index < -0.39 is 26.6 Å². The zero-order chi connectivity index (χ0) is 15.6. The van der Waals surface area contributed by atoms with E-state index in [0.29, 0.717) is 12.0 Å². The van der Waals surface area contributed by atoms with Crippen molar-refractivity contribution in [2.24, 2.45) is 11.8 Å². The van der Waals surface area contributed by atoms with Crippen molar-refractivity contribution < 1.29 is 17.2 Å². The first-order chi connectivity index (χ1) is 9.79. The van der Waals surface area contributed by atoms with Crippen molar-refractivity contribution in [2.75, 3.05) is 6.54 Å². The average Bonchev–Trinajstić information content (AvgIpc) is 2.35. The van der Waals surface area contributed by atoms with Gasteiger partial charge >= 0.3 is 0 Å². The lowest BCUT2D eigenvalue weighted by molar-refractivity contribution is 0.283. The molecule has 1 aliphatic rings. The molecular formula is C14H18BrF2NO2S. The van der Waals surface area contributed by atoms with E-state index in [4.69, 9.17) is 0 Å². The third kappa shape index (κ3) is 4.23. The van der Waals surface area contributed by atoms with Crippen LogP contribution in [-0.2, 0) is 10.0 Å². The van der Waals surface area contributed by atoms with Crippen LogP contribution in [0.3, 0.4) is 0 Å². The lowest BCUT2D eigenvalue weighted by Gasteiger charge is -2.26. The van der Waals surface area contributed by atoms with Gasteiger partial charge in [-0.15, -0.1) is 0 Å². The quantitative estimate of drug-likeness (QED) is 0.861. The van der Waals surface area contributed by atoms with E-state index in [1.165, 1.54) is 6.42 Å². The van der Waals surface area contributed by atoms with Crippen molar-refractivity contribution in [1.29, 1.82) is 0 Å². The maximum atomic E-state index is 13.7. The molecule has 21 heavy (non-hydrogen) atoms. The molecule has 0 amide bonds. The van der Waals surface area contributed by atoms with Crippen molar-refractivity contribution in [3.63, 3.8) is 0 Å². The molecule has 2 unspecified atom stereocenters. The highest BCUT2D eigenvalue weighted by Gasteiger charge is 2.26. The Hall–Kier alpha value is -0.530. The number of benzene rings is 1. The molecule has 2 atom stereocenters. The Bertz CT molecular complexity index is 598. The SMILES string of the molecule is CC1CCCC(CNS(=O)(=O)c2c(F)cc(F)cc2Br)C1. The molecule has 0 aromatic heterocycles. The van der Waals surface area contributed by atoms with Gasteiger partial charge in [0, 0.05) is 17.1 Å². The Labute approximate surface area is 132 Å². The number of hydrogen-bond acceptors (Lipinski definition) is 2. The molecule has 0 heterocycles. The highest BCUT2D eigenvalue weighted by molar-refractivity contribution is 9.10. The van der Waals surface area contributed by atoms with Gasteiger partial charge in [-0.05, 0) is 46.7 Å². The van der Waals surface area contributed by atoms with Gasteiger partial charge in [-0.3, -0.25) is 0 Å². The van der Waals surface area contributed by atoms with Crippen LogP contribution in [0.15, 0.2) is 21.5 Å². The van der Waals surface area contributed by atoms with Crippen LogP contribution < -0.4 is 4.72 Å². The minimum Gasteiger partial charge on any atom is -0.211 e. The van der Waals surface area contributed by atoms with Crippen LogP contribution >= 0.6 is 15.9 Å². The van der Waals surface area contributed by atoms with E-state index in [0.717, 1.165) is 25.3 Å². The minimum atomic E-state index is -3.99. The zero-order valence-corrected chi connectivity index (χ0v) is 14.1. The van der Waals surface area contributed by atoms with Crippen LogP contribution in [0.1, 0.15) is 32.6 Å². The maximum absolute atomic E-state index is 13.7. The van der Waals surface area contributed by atoms with Crippen LogP contribution in [0, 0.1) is 23.5 Å². The fraction of sp³-hybridized carbons (Fsp3) is 0.571. The third-order valence-corrected chi connectivity index (χ3v) is 6.23. The van der Waals surface area contributed by atoms with Gasteiger partial charge in [-0.25, -0.2) is 21.9 Å². The van der Waals surface area contributed by atoms with Crippen molar-refractivity contribution in [3.05, 3.63) is 28.2 Å². The number of halogens is 3. The molecule has 118 valence electrons. The van der Waals surface area contributed by atoms with Crippen molar-refractivity contribution in [2.45, 2.75) is 37.5 Å². The van der Waals surface area contributed by atoms with Crippen LogP contribution in [0.25, 0.3) is 0 Å². The summed E-state index contributed by atoms with van der Waals surface area (Å²) in [5, 5.41) is 0. The van der Waals surface area contributed by atoms with Crippen LogP contribution in [-0.4, -0.2) is 15.0 Å². The lowest BCUT2D eigenvalue weighted by atomic mass is 9.83. The number of hydrogen-bond donors (Lipinski definition) is 1. The van der Waals surface area contributed by atoms with Gasteiger partial charge in [0.25, 0.3) is 0 Å². The first-order valence-corrected chi connectivity index (χ1v) is 9.21. The van der Waals surface area contributed by atoms with E-state index in [-0.39, 0.29) is 16.9 Å². The van der Waals surface area contributed by atoms with Crippen LogP contribution in [0.2, 0.25) is 0 Å². The molecule has 1 saturated carbocycles. The van der Waals surface area contributed by atoms with Crippen molar-refractivity contribution >= 4 is 26.0 Å². The second-order valence-corrected chi connectivity index (χ2v) is 8.25. The molecule has 1 N–H and O–H groups in total. The summed E-state index contributed by atoms with van der Waals surface area (Å²) in [6.45, 7) is 2.44. The molecule has 1 fully saturated rings. The largest absolute Gasteiger partial charge is 0.244 e. The van der Waals surface area contributed by atoms with E-state index in [9.17, 15) is 17.2 Å². The summed E-state index contributed by atoms with van der Waals surface area (Å²) in [5.74, 6) is -1.06. The van der Waals surface area contributed by atoms with Gasteiger partial charge in [-0.1, -0.05) is 19.8 Å². The van der Waals surface area contributed by atoms with E-state index in [2.05, 4.69) is 27.6 Å². The Morgan fingerprint density at radius 3 is 2.67 bits per heavy atom. The smallest absolute Gasteiger partial charge is 0.211 e. The summed E-state index contributed by atoms with van der Waals surface area (Å²) in [7, 11) is -3.99. The monoisotopic (exact) mass is 381 g/mol. The maximum Gasteiger partial charge on any atom is 0.244 e. The van der Waals surface area contributed by atoms with Gasteiger partial charge in [0.1, 0.15) is 16.5 Å². The summed E-state index contributed by atoms with van der Waals surface area (Å²) >= 11 is 2.91. The Kier molecular flexibility index (Phi) is 5.38. The molecule has 0 spiro atoms. The second kappa shape index (κ2) is 6.71. The minimum absolute atomic E-state index is 0.107. The lowest BCUT2D eigenvalue weighted by Crippen LogP contribution is -2.32. The Balaban J connectivity index is 2.12. The predicted molar refractivity (Wildman–Crippen MR) is 80.4 cm³/mol. The zero-order valence-electron chi connectivity index (χ0n) is 11.7. The molecule has 0 bridgehead atoms. The third-order valence-electron chi connectivity index (χ3n) is 3.84. The van der Waals surface area contributed by atoms with Gasteiger partial charge < -0.3 is 0 Å². The van der Waals surface area contributed by atoms with Gasteiger partial charge in [0.2, 0.25) is 10.0 Å². The molecule has 0 saturated heterocycles. The summed E-state index contributed by atoms with van der Waals surface area (Å²) in [6, 6.07) is 1.52. The van der Waals surface area contributed by atoms with E-state index in [1.54, 1.807) is 0 Å². The summed E-state index contributed by atoms with van der Waals surface area (Å²) in [4.78, 5) is -0.534. The Morgan fingerprint density at radius 2 is 2.05 bits per heavy atom. The first kappa shape index (κ1) is 16.8. The molecule has 1 aliphatic carbocycles. The normalized spacial score (nSPS) is 23.2. The molecule has 1 aromatic carbocycles. The molecule has 1 aromatic rings. The average molecular weight is 382 g/mol. The number of nitrogens with one attached hydrogen (secondary N) is 1. The number of rotatable bonds is 4. The molecule has 3 nitrogen and oxygen atoms in total. The van der Waals surface area contributed by atoms with Gasteiger partial charge in [0.15, 0.2) is 0 Å². The first-order valence-electron chi connectivity index (χ1n) is 6.94. The fourth-order valence-electron chi connectivity index (χ4n) is 2.83. The molecule has 7 heteroatoms. The van der Waals surface area contributed by atoms with Gasteiger partial charge in [-0.2, -0.15) is 0 Å². The summed E-state index contributed by atoms with van der Waals surface area (Å²) in [5.41, 5.74) is 0. The summed E-state index contributed by atoms with van der Waals surface area (Å²) in [6.07, 6.45) is 4.19. The fourth-order valence-corrected chi connectivity index (χ4v) is 5.11. The van der Waals surface area contributed by atoms with E-state index >= 15 is 0 Å². The Morgan fingerprint density at radius 1 is 1.33 bits per heavy atom. The molecule has 0 radical (unpaired) electrons. The number of sulfonamides is 1. The van der Waals surface area contributed by atoms with Crippen molar-refractivity contribution in [1.82, 2.24) is 4.72 Å². The van der Waals surface area contributed by atoms with E-state index in [1.807, 2.05) is 0 Å². The van der Waals surface area contributed by atoms with Crippen molar-refractivity contribution in [3.8, 4) is 0 Å². The highest BCUT2D eigenvalue weighted by Crippen LogP contribution is 2.29. The highest BCUT2D eigenvalue weighted by atomic mass is 79.9. The molecule has 2 rings (SSSR count). The topological polar surface area (TPSA) is 46.2 Å². The van der Waals surface area contributed by atoms with Crippen LogP contribution in [0.5, 0.6) is 0 Å². The van der Waals surface area contributed by atoms with Gasteiger partial charge in [0.05, 0.1) is 0 Å².